The summed E-state index contributed by atoms with van der Waals surface area (Å²) in [4.78, 5) is 14.8. The Morgan fingerprint density at radius 3 is 2.48 bits per heavy atom. The van der Waals surface area contributed by atoms with Gasteiger partial charge in [0, 0.05) is 5.02 Å². The van der Waals surface area contributed by atoms with E-state index in [9.17, 15) is 4.79 Å². The van der Waals surface area contributed by atoms with Crippen LogP contribution in [0.5, 0.6) is 0 Å². The second-order valence-electron chi connectivity index (χ2n) is 5.38. The zero-order valence-corrected chi connectivity index (χ0v) is 13.1. The number of carbonyl (C=O) groups is 1. The average Bonchev–Trinajstić information content (AvgIpc) is 2.50. The molecule has 1 fully saturated rings. The van der Waals surface area contributed by atoms with Crippen molar-refractivity contribution in [2.45, 2.75) is 6.92 Å². The highest BCUT2D eigenvalue weighted by atomic mass is 35.5. The Morgan fingerprint density at radius 1 is 1.24 bits per heavy atom. The third-order valence-corrected chi connectivity index (χ3v) is 4.10. The number of carbonyl (C=O) groups excluding carboxylic acids is 1. The smallest absolute Gasteiger partial charge is 0.295 e. The molecule has 1 saturated heterocycles. The molecule has 0 atom stereocenters. The van der Waals surface area contributed by atoms with Crippen LogP contribution in [0.4, 0.5) is 0 Å². The van der Waals surface area contributed by atoms with Crippen molar-refractivity contribution in [3.8, 4) is 0 Å². The number of hydrazone groups is 1. The first kappa shape index (κ1) is 15.9. The van der Waals surface area contributed by atoms with Crippen LogP contribution in [0.3, 0.4) is 0 Å². The van der Waals surface area contributed by atoms with Gasteiger partial charge >= 0.3 is 0 Å². The van der Waals surface area contributed by atoms with E-state index in [4.69, 9.17) is 11.6 Å². The van der Waals surface area contributed by atoms with Gasteiger partial charge in [0.25, 0.3) is 5.91 Å². The van der Waals surface area contributed by atoms with Gasteiger partial charge < -0.3 is 9.80 Å². The minimum atomic E-state index is -0.0323. The van der Waals surface area contributed by atoms with Crippen molar-refractivity contribution in [2.24, 2.45) is 5.10 Å². The Kier molecular flexibility index (Phi) is 6.17. The Balaban J connectivity index is 1.71. The van der Waals surface area contributed by atoms with Gasteiger partial charge in [0.15, 0.2) is 6.54 Å². The molecule has 1 aliphatic heterocycles. The molecule has 114 valence electrons. The molecular weight excluding hydrogens is 288 g/mol. The van der Waals surface area contributed by atoms with Crippen LogP contribution < -0.4 is 15.2 Å². The molecule has 3 N–H and O–H groups in total. The Bertz CT molecular complexity index is 481. The number of quaternary nitrogens is 2. The summed E-state index contributed by atoms with van der Waals surface area (Å²) < 4.78 is 0. The molecule has 2 rings (SSSR count). The first-order valence-electron chi connectivity index (χ1n) is 7.42. The summed E-state index contributed by atoms with van der Waals surface area (Å²) in [5.74, 6) is -0.0323. The van der Waals surface area contributed by atoms with E-state index < -0.39 is 0 Å². The van der Waals surface area contributed by atoms with Crippen molar-refractivity contribution in [3.63, 3.8) is 0 Å². The highest BCUT2D eigenvalue weighted by Crippen LogP contribution is 2.07. The third-order valence-electron chi connectivity index (χ3n) is 3.85. The third kappa shape index (κ3) is 5.46. The number of benzene rings is 1. The van der Waals surface area contributed by atoms with Gasteiger partial charge in [-0.05, 0) is 24.6 Å². The number of rotatable bonds is 5. The van der Waals surface area contributed by atoms with Gasteiger partial charge in [-0.2, -0.15) is 5.10 Å². The number of likely N-dealkylation sites (N-methyl/N-ethyl adjacent to an activating group) is 1. The van der Waals surface area contributed by atoms with Gasteiger partial charge in [0.05, 0.1) is 12.8 Å². The van der Waals surface area contributed by atoms with E-state index in [0.717, 1.165) is 31.7 Å². The molecule has 1 aromatic carbocycles. The summed E-state index contributed by atoms with van der Waals surface area (Å²) in [6.07, 6.45) is 1.63. The zero-order valence-electron chi connectivity index (χ0n) is 12.4. The molecule has 1 aromatic rings. The quantitative estimate of drug-likeness (QED) is 0.454. The van der Waals surface area contributed by atoms with Crippen molar-refractivity contribution >= 4 is 23.7 Å². The largest absolute Gasteiger partial charge is 0.326 e. The van der Waals surface area contributed by atoms with Crippen molar-refractivity contribution in [3.05, 3.63) is 34.9 Å². The highest BCUT2D eigenvalue weighted by molar-refractivity contribution is 6.30. The summed E-state index contributed by atoms with van der Waals surface area (Å²) in [6, 6.07) is 7.31. The maximum Gasteiger partial charge on any atom is 0.295 e. The molecule has 0 radical (unpaired) electrons. The number of hydrogen-bond donors (Lipinski definition) is 3. The van der Waals surface area contributed by atoms with Gasteiger partial charge in [-0.15, -0.1) is 0 Å². The molecule has 1 amide bonds. The van der Waals surface area contributed by atoms with Crippen LogP contribution >= 0.6 is 11.6 Å². The number of nitrogens with one attached hydrogen (secondary N) is 3. The summed E-state index contributed by atoms with van der Waals surface area (Å²) in [5, 5.41) is 4.67. The normalized spacial score (nSPS) is 22.4. The number of piperazine rings is 1. The van der Waals surface area contributed by atoms with Gasteiger partial charge in [0.1, 0.15) is 26.2 Å². The monoisotopic (exact) mass is 310 g/mol. The van der Waals surface area contributed by atoms with Crippen LogP contribution in [0.15, 0.2) is 29.4 Å². The molecule has 0 aromatic heterocycles. The van der Waals surface area contributed by atoms with E-state index in [1.807, 2.05) is 12.1 Å². The minimum Gasteiger partial charge on any atom is -0.326 e. The summed E-state index contributed by atoms with van der Waals surface area (Å²) in [6.45, 7) is 8.27. The van der Waals surface area contributed by atoms with Crippen LogP contribution in [0.1, 0.15) is 12.5 Å². The maximum atomic E-state index is 11.8. The predicted octanol–water partition coefficient (Wildman–Crippen LogP) is -1.41. The molecular formula is C15H23ClN4O+2. The van der Waals surface area contributed by atoms with Crippen molar-refractivity contribution in [2.75, 3.05) is 39.3 Å². The highest BCUT2D eigenvalue weighted by Gasteiger charge is 2.23. The van der Waals surface area contributed by atoms with Crippen molar-refractivity contribution < 1.29 is 14.6 Å². The standard InChI is InChI=1S/C15H21ClN4O/c1-2-19-7-9-20(10-8-19)12-15(21)18-17-11-13-3-5-14(16)6-4-13/h3-6,11H,2,7-10,12H2,1H3,(H,18,21)/p+2/b17-11-. The van der Waals surface area contributed by atoms with Crippen LogP contribution in [0.25, 0.3) is 0 Å². The summed E-state index contributed by atoms with van der Waals surface area (Å²) in [7, 11) is 0. The first-order chi connectivity index (χ1) is 10.2. The van der Waals surface area contributed by atoms with E-state index in [0.29, 0.717) is 11.6 Å². The summed E-state index contributed by atoms with van der Waals surface area (Å²) in [5.41, 5.74) is 3.50. The van der Waals surface area contributed by atoms with Crippen LogP contribution in [0, 0.1) is 0 Å². The second-order valence-corrected chi connectivity index (χ2v) is 5.81. The number of hydrogen-bond acceptors (Lipinski definition) is 2. The van der Waals surface area contributed by atoms with Crippen LogP contribution in [-0.4, -0.2) is 51.4 Å². The molecule has 6 heteroatoms. The second kappa shape index (κ2) is 8.12. The van der Waals surface area contributed by atoms with Crippen LogP contribution in [-0.2, 0) is 4.79 Å². The van der Waals surface area contributed by atoms with E-state index in [1.165, 1.54) is 11.4 Å². The average molecular weight is 311 g/mol. The lowest BCUT2D eigenvalue weighted by molar-refractivity contribution is -1.01. The van der Waals surface area contributed by atoms with Gasteiger partial charge in [-0.25, -0.2) is 5.43 Å². The fourth-order valence-electron chi connectivity index (χ4n) is 2.48. The molecule has 21 heavy (non-hydrogen) atoms. The lowest BCUT2D eigenvalue weighted by Crippen LogP contribution is -3.28. The van der Waals surface area contributed by atoms with E-state index in [-0.39, 0.29) is 5.91 Å². The number of halogens is 1. The first-order valence-corrected chi connectivity index (χ1v) is 7.79. The fourth-order valence-corrected chi connectivity index (χ4v) is 2.61. The topological polar surface area (TPSA) is 50.3 Å². The Hall–Kier alpha value is -1.43. The molecule has 1 aliphatic rings. The lowest BCUT2D eigenvalue weighted by atomic mass is 10.2. The number of amides is 1. The van der Waals surface area contributed by atoms with Gasteiger partial charge in [-0.1, -0.05) is 23.7 Å². The zero-order chi connectivity index (χ0) is 15.1. The molecule has 0 aliphatic carbocycles. The molecule has 0 unspecified atom stereocenters. The van der Waals surface area contributed by atoms with Crippen molar-refractivity contribution in [1.82, 2.24) is 5.43 Å². The number of nitrogens with zero attached hydrogens (tertiary/aromatic N) is 1. The van der Waals surface area contributed by atoms with E-state index >= 15 is 0 Å². The lowest BCUT2D eigenvalue weighted by Gasteiger charge is -2.28. The molecule has 5 nitrogen and oxygen atoms in total. The van der Waals surface area contributed by atoms with E-state index in [2.05, 4.69) is 17.5 Å². The summed E-state index contributed by atoms with van der Waals surface area (Å²) >= 11 is 5.81. The Morgan fingerprint density at radius 2 is 1.86 bits per heavy atom. The minimum absolute atomic E-state index is 0.0323. The van der Waals surface area contributed by atoms with Gasteiger partial charge in [0.2, 0.25) is 0 Å². The maximum absolute atomic E-state index is 11.8. The van der Waals surface area contributed by atoms with Crippen LogP contribution in [0.2, 0.25) is 5.02 Å². The molecule has 1 heterocycles. The molecule has 0 bridgehead atoms. The Labute approximate surface area is 130 Å². The van der Waals surface area contributed by atoms with Crippen molar-refractivity contribution in [1.29, 1.82) is 0 Å². The molecule has 0 saturated carbocycles. The fraction of sp³-hybridized carbons (Fsp3) is 0.467. The van der Waals surface area contributed by atoms with Gasteiger partial charge in [-0.3, -0.25) is 4.79 Å². The SMILES string of the molecule is CC[NH+]1CC[NH+](CC(=O)N/N=C\c2ccc(Cl)cc2)CC1. The predicted molar refractivity (Wildman–Crippen MR) is 84.0 cm³/mol. The molecule has 0 spiro atoms. The van der Waals surface area contributed by atoms with E-state index in [1.54, 1.807) is 23.2 Å².